The van der Waals surface area contributed by atoms with Gasteiger partial charge in [0.05, 0.1) is 36.8 Å². The molecule has 2 aliphatic heterocycles. The Morgan fingerprint density at radius 2 is 2.12 bits per heavy atom. The summed E-state index contributed by atoms with van der Waals surface area (Å²) in [6, 6.07) is 8.20. The Labute approximate surface area is 153 Å². The van der Waals surface area contributed by atoms with E-state index in [1.165, 1.54) is 5.56 Å². The number of hydrogen-bond donors (Lipinski definition) is 0. The molecule has 0 aliphatic carbocycles. The molecule has 0 bridgehead atoms. The van der Waals surface area contributed by atoms with Gasteiger partial charge in [0.25, 0.3) is 0 Å². The Hall–Kier alpha value is -2.47. The van der Waals surface area contributed by atoms with Crippen molar-refractivity contribution in [3.8, 4) is 5.75 Å². The molecule has 1 aromatic heterocycles. The summed E-state index contributed by atoms with van der Waals surface area (Å²) in [7, 11) is 0. The SMILES string of the molecule is CC(C)Oc1ccc2c(c1)C(c1cc(N3CCO[C@@H](C)C3)ncn1)=NC2. The van der Waals surface area contributed by atoms with E-state index < -0.39 is 0 Å². The molecule has 0 saturated carbocycles. The van der Waals surface area contributed by atoms with Gasteiger partial charge in [0, 0.05) is 24.7 Å². The molecule has 0 N–H and O–H groups in total. The van der Waals surface area contributed by atoms with Crippen LogP contribution < -0.4 is 9.64 Å². The molecule has 1 aromatic carbocycles. The molecule has 1 atom stereocenters. The van der Waals surface area contributed by atoms with Crippen LogP contribution in [0.3, 0.4) is 0 Å². The quantitative estimate of drug-likeness (QED) is 0.847. The van der Waals surface area contributed by atoms with Crippen molar-refractivity contribution in [3.63, 3.8) is 0 Å². The molecule has 0 radical (unpaired) electrons. The highest BCUT2D eigenvalue weighted by atomic mass is 16.5. The number of nitrogens with zero attached hydrogens (tertiary/aromatic N) is 4. The molecule has 0 spiro atoms. The minimum absolute atomic E-state index is 0.142. The predicted octanol–water partition coefficient (Wildman–Crippen LogP) is 2.84. The zero-order valence-corrected chi connectivity index (χ0v) is 15.5. The molecule has 1 fully saturated rings. The minimum Gasteiger partial charge on any atom is -0.491 e. The van der Waals surface area contributed by atoms with Crippen molar-refractivity contribution < 1.29 is 9.47 Å². The molecule has 0 unspecified atom stereocenters. The van der Waals surface area contributed by atoms with E-state index in [4.69, 9.17) is 14.5 Å². The van der Waals surface area contributed by atoms with Gasteiger partial charge in [-0.05, 0) is 38.5 Å². The second kappa shape index (κ2) is 7.03. The van der Waals surface area contributed by atoms with E-state index in [0.717, 1.165) is 48.2 Å². The summed E-state index contributed by atoms with van der Waals surface area (Å²) in [6.45, 7) is 9.23. The van der Waals surface area contributed by atoms with Crippen molar-refractivity contribution in [2.75, 3.05) is 24.6 Å². The fraction of sp³-hybridized carbons (Fsp3) is 0.450. The Bertz CT molecular complexity index is 834. The van der Waals surface area contributed by atoms with Crippen LogP contribution in [0.15, 0.2) is 35.6 Å². The van der Waals surface area contributed by atoms with Crippen LogP contribution in [0.4, 0.5) is 5.82 Å². The predicted molar refractivity (Wildman–Crippen MR) is 101 cm³/mol. The van der Waals surface area contributed by atoms with Crippen molar-refractivity contribution in [1.82, 2.24) is 9.97 Å². The van der Waals surface area contributed by atoms with Crippen LogP contribution in [-0.2, 0) is 11.3 Å². The highest BCUT2D eigenvalue weighted by Crippen LogP contribution is 2.28. The normalized spacial score (nSPS) is 19.5. The number of hydrogen-bond acceptors (Lipinski definition) is 6. The highest BCUT2D eigenvalue weighted by Gasteiger charge is 2.22. The molecule has 136 valence electrons. The third kappa shape index (κ3) is 3.42. The zero-order chi connectivity index (χ0) is 18.1. The zero-order valence-electron chi connectivity index (χ0n) is 15.5. The minimum atomic E-state index is 0.142. The number of aliphatic imine (C=N–C) groups is 1. The van der Waals surface area contributed by atoms with Crippen molar-refractivity contribution >= 4 is 11.5 Å². The summed E-state index contributed by atoms with van der Waals surface area (Å²) >= 11 is 0. The summed E-state index contributed by atoms with van der Waals surface area (Å²) in [5, 5.41) is 0. The second-order valence-corrected chi connectivity index (χ2v) is 7.04. The molecule has 4 rings (SSSR count). The van der Waals surface area contributed by atoms with Crippen LogP contribution in [0, 0.1) is 0 Å². The average Bonchev–Trinajstić information content (AvgIpc) is 3.04. The number of aromatic nitrogens is 2. The second-order valence-electron chi connectivity index (χ2n) is 7.04. The molecular formula is C20H24N4O2. The van der Waals surface area contributed by atoms with Crippen LogP contribution in [-0.4, -0.2) is 47.6 Å². The van der Waals surface area contributed by atoms with Gasteiger partial charge in [0.2, 0.25) is 0 Å². The molecule has 3 heterocycles. The van der Waals surface area contributed by atoms with Gasteiger partial charge in [0.15, 0.2) is 0 Å². The van der Waals surface area contributed by atoms with Gasteiger partial charge in [-0.1, -0.05) is 6.07 Å². The molecule has 2 aromatic rings. The third-order valence-corrected chi connectivity index (χ3v) is 4.58. The molecule has 2 aliphatic rings. The fourth-order valence-corrected chi connectivity index (χ4v) is 3.40. The summed E-state index contributed by atoms with van der Waals surface area (Å²) in [4.78, 5) is 15.9. The lowest BCUT2D eigenvalue weighted by atomic mass is 10.0. The largest absolute Gasteiger partial charge is 0.491 e. The van der Waals surface area contributed by atoms with Crippen LogP contribution in [0.25, 0.3) is 0 Å². The molecule has 6 heteroatoms. The molecule has 1 saturated heterocycles. The lowest BCUT2D eigenvalue weighted by Crippen LogP contribution is -2.41. The van der Waals surface area contributed by atoms with Gasteiger partial charge in [-0.25, -0.2) is 9.97 Å². The lowest BCUT2D eigenvalue weighted by Gasteiger charge is -2.32. The summed E-state index contributed by atoms with van der Waals surface area (Å²) < 4.78 is 11.5. The van der Waals surface area contributed by atoms with Gasteiger partial charge in [-0.15, -0.1) is 0 Å². The van der Waals surface area contributed by atoms with E-state index in [1.807, 2.05) is 26.0 Å². The summed E-state index contributed by atoms with van der Waals surface area (Å²) in [5.41, 5.74) is 4.08. The number of benzene rings is 1. The number of fused-ring (bicyclic) bond motifs is 1. The molecule has 0 amide bonds. The van der Waals surface area contributed by atoms with E-state index in [2.05, 4.69) is 33.9 Å². The summed E-state index contributed by atoms with van der Waals surface area (Å²) in [6.07, 6.45) is 1.98. The van der Waals surface area contributed by atoms with Crippen molar-refractivity contribution in [2.45, 2.75) is 39.5 Å². The average molecular weight is 352 g/mol. The van der Waals surface area contributed by atoms with Gasteiger partial charge in [-0.3, -0.25) is 4.99 Å². The standard InChI is InChI=1S/C20H24N4O2/c1-13(2)26-16-5-4-15-10-21-20(17(15)8-16)18-9-19(23-12-22-18)24-6-7-25-14(3)11-24/h4-5,8-9,12-14H,6-7,10-11H2,1-3H3/t14-/m0/s1. The van der Waals surface area contributed by atoms with Crippen LogP contribution >= 0.6 is 0 Å². The first kappa shape index (κ1) is 17.0. The maximum atomic E-state index is 5.84. The monoisotopic (exact) mass is 352 g/mol. The number of rotatable bonds is 4. The Morgan fingerprint density at radius 1 is 1.23 bits per heavy atom. The van der Waals surface area contributed by atoms with E-state index >= 15 is 0 Å². The van der Waals surface area contributed by atoms with E-state index in [1.54, 1.807) is 6.33 Å². The Morgan fingerprint density at radius 3 is 2.92 bits per heavy atom. The molecule has 6 nitrogen and oxygen atoms in total. The van der Waals surface area contributed by atoms with Gasteiger partial charge < -0.3 is 14.4 Å². The lowest BCUT2D eigenvalue weighted by molar-refractivity contribution is 0.0529. The fourth-order valence-electron chi connectivity index (χ4n) is 3.40. The number of anilines is 1. The first-order valence-electron chi connectivity index (χ1n) is 9.13. The Kier molecular flexibility index (Phi) is 4.59. The first-order valence-corrected chi connectivity index (χ1v) is 9.13. The van der Waals surface area contributed by atoms with Crippen LogP contribution in [0.1, 0.15) is 37.6 Å². The maximum Gasteiger partial charge on any atom is 0.132 e. The van der Waals surface area contributed by atoms with Gasteiger partial charge in [0.1, 0.15) is 17.9 Å². The van der Waals surface area contributed by atoms with Crippen LogP contribution in [0.5, 0.6) is 5.75 Å². The molecule has 26 heavy (non-hydrogen) atoms. The first-order chi connectivity index (χ1) is 12.6. The van der Waals surface area contributed by atoms with Crippen LogP contribution in [0.2, 0.25) is 0 Å². The topological polar surface area (TPSA) is 59.8 Å². The molecular weight excluding hydrogens is 328 g/mol. The highest BCUT2D eigenvalue weighted by molar-refractivity contribution is 6.14. The van der Waals surface area contributed by atoms with Gasteiger partial charge >= 0.3 is 0 Å². The number of morpholine rings is 1. The summed E-state index contributed by atoms with van der Waals surface area (Å²) in [5.74, 6) is 1.79. The van der Waals surface area contributed by atoms with E-state index in [9.17, 15) is 0 Å². The maximum absolute atomic E-state index is 5.84. The van der Waals surface area contributed by atoms with Crippen molar-refractivity contribution in [3.05, 3.63) is 47.4 Å². The van der Waals surface area contributed by atoms with Crippen molar-refractivity contribution in [2.24, 2.45) is 4.99 Å². The van der Waals surface area contributed by atoms with E-state index in [0.29, 0.717) is 6.54 Å². The smallest absolute Gasteiger partial charge is 0.132 e. The van der Waals surface area contributed by atoms with Crippen molar-refractivity contribution in [1.29, 1.82) is 0 Å². The number of ether oxygens (including phenoxy) is 2. The third-order valence-electron chi connectivity index (χ3n) is 4.58. The van der Waals surface area contributed by atoms with Gasteiger partial charge in [-0.2, -0.15) is 0 Å². The van der Waals surface area contributed by atoms with E-state index in [-0.39, 0.29) is 12.2 Å². The Balaban J connectivity index is 1.63.